The van der Waals surface area contributed by atoms with Gasteiger partial charge < -0.3 is 15.5 Å². The van der Waals surface area contributed by atoms with Crippen molar-refractivity contribution in [2.75, 3.05) is 25.5 Å². The number of rotatable bonds is 3. The number of piperidine rings is 1. The molecular formula is C15H21N3O2. The second kappa shape index (κ2) is 6.41. The summed E-state index contributed by atoms with van der Waals surface area (Å²) in [6, 6.07) is 7.55. The number of para-hydroxylation sites is 1. The molecule has 108 valence electrons. The Labute approximate surface area is 119 Å². The average molecular weight is 275 g/mol. The van der Waals surface area contributed by atoms with Crippen molar-refractivity contribution in [2.24, 2.45) is 0 Å². The van der Waals surface area contributed by atoms with E-state index in [2.05, 4.69) is 10.6 Å². The van der Waals surface area contributed by atoms with Gasteiger partial charge in [-0.2, -0.15) is 0 Å². The average Bonchev–Trinajstić information content (AvgIpc) is 2.46. The minimum absolute atomic E-state index is 0.0185. The molecule has 1 atom stereocenters. The number of hydrogen-bond donors (Lipinski definition) is 2. The molecule has 1 aromatic carbocycles. The van der Waals surface area contributed by atoms with Crippen molar-refractivity contribution >= 4 is 17.5 Å². The number of amides is 2. The van der Waals surface area contributed by atoms with Crippen molar-refractivity contribution in [2.45, 2.75) is 25.8 Å². The van der Waals surface area contributed by atoms with Crippen molar-refractivity contribution < 1.29 is 9.59 Å². The monoisotopic (exact) mass is 275 g/mol. The topological polar surface area (TPSA) is 61.4 Å². The van der Waals surface area contributed by atoms with Crippen LogP contribution in [0.15, 0.2) is 24.3 Å². The van der Waals surface area contributed by atoms with E-state index in [9.17, 15) is 9.59 Å². The highest BCUT2D eigenvalue weighted by atomic mass is 16.2. The van der Waals surface area contributed by atoms with Gasteiger partial charge in [-0.25, -0.2) is 0 Å². The normalized spacial score (nSPS) is 18.5. The van der Waals surface area contributed by atoms with E-state index in [-0.39, 0.29) is 17.9 Å². The molecule has 1 aliphatic heterocycles. The fraction of sp³-hybridized carbons (Fsp3) is 0.467. The number of benzene rings is 1. The number of anilines is 1. The van der Waals surface area contributed by atoms with Crippen LogP contribution in [0.25, 0.3) is 0 Å². The van der Waals surface area contributed by atoms with Crippen LogP contribution in [0, 0.1) is 0 Å². The van der Waals surface area contributed by atoms with Crippen LogP contribution in [0.2, 0.25) is 0 Å². The zero-order valence-corrected chi connectivity index (χ0v) is 12.0. The summed E-state index contributed by atoms with van der Waals surface area (Å²) in [5, 5.41) is 5.94. The number of nitrogens with one attached hydrogen (secondary N) is 2. The van der Waals surface area contributed by atoms with Gasteiger partial charge >= 0.3 is 0 Å². The van der Waals surface area contributed by atoms with Gasteiger partial charge in [0.15, 0.2) is 0 Å². The third-order valence-corrected chi connectivity index (χ3v) is 3.54. The van der Waals surface area contributed by atoms with Crippen LogP contribution < -0.4 is 10.6 Å². The molecule has 1 heterocycles. The molecule has 1 aromatic rings. The lowest BCUT2D eigenvalue weighted by atomic mass is 10.0. The molecule has 0 saturated carbocycles. The highest BCUT2D eigenvalue weighted by Gasteiger charge is 2.25. The lowest BCUT2D eigenvalue weighted by molar-refractivity contribution is -0.120. The first-order valence-corrected chi connectivity index (χ1v) is 6.95. The predicted octanol–water partition coefficient (Wildman–Crippen LogP) is 1.47. The second-order valence-corrected chi connectivity index (χ2v) is 5.09. The van der Waals surface area contributed by atoms with Crippen LogP contribution >= 0.6 is 0 Å². The predicted molar refractivity (Wildman–Crippen MR) is 78.7 cm³/mol. The zero-order chi connectivity index (χ0) is 14.5. The van der Waals surface area contributed by atoms with E-state index >= 15 is 0 Å². The van der Waals surface area contributed by atoms with E-state index in [0.717, 1.165) is 25.1 Å². The van der Waals surface area contributed by atoms with E-state index in [1.165, 1.54) is 6.92 Å². The molecule has 2 amide bonds. The van der Waals surface area contributed by atoms with E-state index in [0.29, 0.717) is 12.1 Å². The first-order valence-electron chi connectivity index (χ1n) is 6.95. The third kappa shape index (κ3) is 3.29. The SMILES string of the molecule is CNc1ccccc1C(=O)N1CCCC(NC(C)=O)C1. The Morgan fingerprint density at radius 2 is 2.05 bits per heavy atom. The summed E-state index contributed by atoms with van der Waals surface area (Å²) in [5.74, 6) is -0.0232. The quantitative estimate of drug-likeness (QED) is 0.878. The molecule has 5 heteroatoms. The van der Waals surface area contributed by atoms with Gasteiger partial charge in [-0.1, -0.05) is 12.1 Å². The van der Waals surface area contributed by atoms with Gasteiger partial charge in [-0.15, -0.1) is 0 Å². The number of carbonyl (C=O) groups is 2. The number of hydrogen-bond acceptors (Lipinski definition) is 3. The Bertz CT molecular complexity index is 502. The van der Waals surface area contributed by atoms with Crippen molar-refractivity contribution in [1.82, 2.24) is 10.2 Å². The number of carbonyl (C=O) groups excluding carboxylic acids is 2. The summed E-state index contributed by atoms with van der Waals surface area (Å²) in [5.41, 5.74) is 1.51. The molecule has 0 aromatic heterocycles. The summed E-state index contributed by atoms with van der Waals surface area (Å²) in [7, 11) is 1.81. The number of nitrogens with zero attached hydrogens (tertiary/aromatic N) is 1. The summed E-state index contributed by atoms with van der Waals surface area (Å²) >= 11 is 0. The van der Waals surface area contributed by atoms with Crippen LogP contribution in [-0.4, -0.2) is 42.9 Å². The summed E-state index contributed by atoms with van der Waals surface area (Å²) in [6.07, 6.45) is 1.84. The Morgan fingerprint density at radius 1 is 1.30 bits per heavy atom. The van der Waals surface area contributed by atoms with E-state index in [1.54, 1.807) is 0 Å². The van der Waals surface area contributed by atoms with Gasteiger partial charge in [0, 0.05) is 38.8 Å². The Hall–Kier alpha value is -2.04. The highest BCUT2D eigenvalue weighted by molar-refractivity contribution is 5.99. The fourth-order valence-corrected chi connectivity index (χ4v) is 2.62. The van der Waals surface area contributed by atoms with Gasteiger partial charge in [0.1, 0.15) is 0 Å². The third-order valence-electron chi connectivity index (χ3n) is 3.54. The molecule has 0 spiro atoms. The van der Waals surface area contributed by atoms with Crippen LogP contribution in [0.1, 0.15) is 30.1 Å². The Morgan fingerprint density at radius 3 is 2.75 bits per heavy atom. The standard InChI is InChI=1S/C15H21N3O2/c1-11(19)17-12-6-5-9-18(10-12)15(20)13-7-3-4-8-14(13)16-2/h3-4,7-8,12,16H,5-6,9-10H2,1-2H3,(H,17,19). The van der Waals surface area contributed by atoms with E-state index in [1.807, 2.05) is 36.2 Å². The van der Waals surface area contributed by atoms with Gasteiger partial charge in [0.05, 0.1) is 5.56 Å². The molecular weight excluding hydrogens is 254 g/mol. The smallest absolute Gasteiger partial charge is 0.256 e. The van der Waals surface area contributed by atoms with Gasteiger partial charge in [0.25, 0.3) is 5.91 Å². The first-order chi connectivity index (χ1) is 9.61. The molecule has 2 rings (SSSR count). The van der Waals surface area contributed by atoms with Crippen molar-refractivity contribution in [3.05, 3.63) is 29.8 Å². The molecule has 1 fully saturated rings. The molecule has 1 saturated heterocycles. The lowest BCUT2D eigenvalue weighted by Crippen LogP contribution is -2.49. The zero-order valence-electron chi connectivity index (χ0n) is 12.0. The maximum Gasteiger partial charge on any atom is 0.256 e. The fourth-order valence-electron chi connectivity index (χ4n) is 2.62. The maximum absolute atomic E-state index is 12.6. The van der Waals surface area contributed by atoms with Crippen molar-refractivity contribution in [3.8, 4) is 0 Å². The van der Waals surface area contributed by atoms with Crippen LogP contribution in [-0.2, 0) is 4.79 Å². The van der Waals surface area contributed by atoms with E-state index < -0.39 is 0 Å². The largest absolute Gasteiger partial charge is 0.387 e. The van der Waals surface area contributed by atoms with Gasteiger partial charge in [0.2, 0.25) is 5.91 Å². The molecule has 5 nitrogen and oxygen atoms in total. The van der Waals surface area contributed by atoms with Gasteiger partial charge in [-0.05, 0) is 25.0 Å². The molecule has 0 bridgehead atoms. The van der Waals surface area contributed by atoms with Crippen LogP contribution in [0.5, 0.6) is 0 Å². The van der Waals surface area contributed by atoms with Gasteiger partial charge in [-0.3, -0.25) is 9.59 Å². The highest BCUT2D eigenvalue weighted by Crippen LogP contribution is 2.19. The van der Waals surface area contributed by atoms with Crippen molar-refractivity contribution in [3.63, 3.8) is 0 Å². The van der Waals surface area contributed by atoms with Crippen molar-refractivity contribution in [1.29, 1.82) is 0 Å². The van der Waals surface area contributed by atoms with E-state index in [4.69, 9.17) is 0 Å². The molecule has 1 aliphatic rings. The summed E-state index contributed by atoms with van der Waals surface area (Å²) < 4.78 is 0. The lowest BCUT2D eigenvalue weighted by Gasteiger charge is -2.33. The summed E-state index contributed by atoms with van der Waals surface area (Å²) in [4.78, 5) is 25.5. The molecule has 20 heavy (non-hydrogen) atoms. The Balaban J connectivity index is 2.10. The minimum atomic E-state index is -0.0417. The summed E-state index contributed by atoms with van der Waals surface area (Å²) in [6.45, 7) is 2.83. The molecule has 2 N–H and O–H groups in total. The molecule has 1 unspecified atom stereocenters. The maximum atomic E-state index is 12.6. The van der Waals surface area contributed by atoms with Crippen LogP contribution in [0.4, 0.5) is 5.69 Å². The number of likely N-dealkylation sites (tertiary alicyclic amines) is 1. The Kier molecular flexibility index (Phi) is 4.61. The minimum Gasteiger partial charge on any atom is -0.387 e. The first kappa shape index (κ1) is 14.4. The van der Waals surface area contributed by atoms with Crippen LogP contribution in [0.3, 0.4) is 0 Å². The second-order valence-electron chi connectivity index (χ2n) is 5.09. The molecule has 0 radical (unpaired) electrons. The molecule has 0 aliphatic carbocycles.